The largest absolute Gasteiger partial charge is 0.396 e. The fraction of sp³-hybridized carbons (Fsp3) is 0.231. The van der Waals surface area contributed by atoms with E-state index in [0.717, 1.165) is 12.1 Å². The van der Waals surface area contributed by atoms with Crippen molar-refractivity contribution in [1.82, 2.24) is 14.7 Å². The summed E-state index contributed by atoms with van der Waals surface area (Å²) < 4.78 is 28.9. The number of likely N-dealkylation sites (N-methyl/N-ethyl adjacent to an activating group) is 1. The van der Waals surface area contributed by atoms with Gasteiger partial charge in [0.25, 0.3) is 0 Å². The molecule has 0 radical (unpaired) electrons. The van der Waals surface area contributed by atoms with Gasteiger partial charge in [0, 0.05) is 25.9 Å². The minimum absolute atomic E-state index is 0.00143. The van der Waals surface area contributed by atoms with Crippen molar-refractivity contribution in [3.8, 4) is 11.1 Å². The molecule has 2 N–H and O–H groups in total. The maximum absolute atomic E-state index is 13.9. The summed E-state index contributed by atoms with van der Waals surface area (Å²) in [4.78, 5) is 12.9. The quantitative estimate of drug-likeness (QED) is 0.867. The number of amides is 1. The first-order valence-corrected chi connectivity index (χ1v) is 5.86. The van der Waals surface area contributed by atoms with Crippen molar-refractivity contribution in [2.75, 3.05) is 19.8 Å². The summed E-state index contributed by atoms with van der Waals surface area (Å²) >= 11 is 0. The standard InChI is InChI=1S/C13H14F2N4O/c1-18(2)11(20)7-19-6-8(5-17-19)12-9(14)3-4-10(16)13(12)15/h3-6H,7,16H2,1-2H3. The number of anilines is 1. The van der Waals surface area contributed by atoms with Crippen LogP contribution in [-0.2, 0) is 11.3 Å². The van der Waals surface area contributed by atoms with Crippen LogP contribution in [0.15, 0.2) is 24.5 Å². The summed E-state index contributed by atoms with van der Waals surface area (Å²) in [5.74, 6) is -1.73. The highest BCUT2D eigenvalue weighted by atomic mass is 19.1. The van der Waals surface area contributed by atoms with Gasteiger partial charge < -0.3 is 10.6 Å². The fourth-order valence-electron chi connectivity index (χ4n) is 1.69. The van der Waals surface area contributed by atoms with Crippen LogP contribution in [0.25, 0.3) is 11.1 Å². The number of carbonyl (C=O) groups is 1. The zero-order valence-electron chi connectivity index (χ0n) is 11.1. The molecule has 1 amide bonds. The molecule has 2 rings (SSSR count). The molecule has 0 aliphatic rings. The first kappa shape index (κ1) is 14.0. The van der Waals surface area contributed by atoms with Gasteiger partial charge >= 0.3 is 0 Å². The predicted molar refractivity (Wildman–Crippen MR) is 70.7 cm³/mol. The summed E-state index contributed by atoms with van der Waals surface area (Å²) in [6, 6.07) is 2.25. The van der Waals surface area contributed by atoms with Gasteiger partial charge in [0.15, 0.2) is 5.82 Å². The van der Waals surface area contributed by atoms with E-state index in [2.05, 4.69) is 5.10 Å². The molecule has 5 nitrogen and oxygen atoms in total. The van der Waals surface area contributed by atoms with E-state index in [1.807, 2.05) is 0 Å². The van der Waals surface area contributed by atoms with Gasteiger partial charge in [-0.3, -0.25) is 9.48 Å². The lowest BCUT2D eigenvalue weighted by molar-refractivity contribution is -0.129. The Bertz CT molecular complexity index is 652. The number of hydrogen-bond acceptors (Lipinski definition) is 3. The van der Waals surface area contributed by atoms with Crippen LogP contribution in [0, 0.1) is 11.6 Å². The average Bonchev–Trinajstić information content (AvgIpc) is 2.82. The third-order valence-corrected chi connectivity index (χ3v) is 2.84. The van der Waals surface area contributed by atoms with Gasteiger partial charge in [-0.25, -0.2) is 8.78 Å². The summed E-state index contributed by atoms with van der Waals surface area (Å²) in [6.45, 7) is -0.00143. The van der Waals surface area contributed by atoms with Crippen LogP contribution in [0.2, 0.25) is 0 Å². The Hall–Kier alpha value is -2.44. The van der Waals surface area contributed by atoms with Crippen molar-refractivity contribution in [2.45, 2.75) is 6.54 Å². The van der Waals surface area contributed by atoms with E-state index in [1.165, 1.54) is 22.0 Å². The highest BCUT2D eigenvalue weighted by Crippen LogP contribution is 2.28. The molecule has 20 heavy (non-hydrogen) atoms. The Morgan fingerprint density at radius 3 is 2.75 bits per heavy atom. The first-order chi connectivity index (χ1) is 9.40. The minimum Gasteiger partial charge on any atom is -0.396 e. The molecule has 1 aromatic carbocycles. The lowest BCUT2D eigenvalue weighted by atomic mass is 10.1. The highest BCUT2D eigenvalue weighted by Gasteiger charge is 2.16. The van der Waals surface area contributed by atoms with Crippen LogP contribution in [0.4, 0.5) is 14.5 Å². The third kappa shape index (κ3) is 2.61. The Kier molecular flexibility index (Phi) is 3.69. The lowest BCUT2D eigenvalue weighted by Gasteiger charge is -2.09. The van der Waals surface area contributed by atoms with Crippen molar-refractivity contribution < 1.29 is 13.6 Å². The van der Waals surface area contributed by atoms with Gasteiger partial charge in [0.2, 0.25) is 5.91 Å². The van der Waals surface area contributed by atoms with Crippen LogP contribution in [0.3, 0.4) is 0 Å². The molecule has 0 fully saturated rings. The van der Waals surface area contributed by atoms with Crippen molar-refractivity contribution in [3.63, 3.8) is 0 Å². The number of aromatic nitrogens is 2. The fourth-order valence-corrected chi connectivity index (χ4v) is 1.69. The van der Waals surface area contributed by atoms with Crippen molar-refractivity contribution in [2.24, 2.45) is 0 Å². The van der Waals surface area contributed by atoms with Crippen LogP contribution in [0.5, 0.6) is 0 Å². The van der Waals surface area contributed by atoms with E-state index in [9.17, 15) is 13.6 Å². The molecule has 0 aliphatic heterocycles. The molecule has 0 aliphatic carbocycles. The number of hydrogen-bond donors (Lipinski definition) is 1. The second-order valence-corrected chi connectivity index (χ2v) is 4.54. The normalized spacial score (nSPS) is 10.6. The third-order valence-electron chi connectivity index (χ3n) is 2.84. The number of carbonyl (C=O) groups excluding carboxylic acids is 1. The van der Waals surface area contributed by atoms with E-state index in [-0.39, 0.29) is 29.3 Å². The lowest BCUT2D eigenvalue weighted by Crippen LogP contribution is -2.26. The Morgan fingerprint density at radius 1 is 1.40 bits per heavy atom. The number of benzene rings is 1. The second kappa shape index (κ2) is 5.28. The highest BCUT2D eigenvalue weighted by molar-refractivity contribution is 5.75. The molecular weight excluding hydrogens is 266 g/mol. The van der Waals surface area contributed by atoms with Crippen LogP contribution < -0.4 is 5.73 Å². The number of nitrogen functional groups attached to an aromatic ring is 1. The van der Waals surface area contributed by atoms with E-state index in [4.69, 9.17) is 5.73 Å². The molecule has 0 spiro atoms. The second-order valence-electron chi connectivity index (χ2n) is 4.54. The molecule has 0 saturated carbocycles. The van der Waals surface area contributed by atoms with Crippen LogP contribution in [0.1, 0.15) is 0 Å². The number of halogens is 2. The zero-order valence-corrected chi connectivity index (χ0v) is 11.1. The Labute approximate surface area is 114 Å². The monoisotopic (exact) mass is 280 g/mol. The van der Waals surface area contributed by atoms with E-state index in [0.29, 0.717) is 0 Å². The van der Waals surface area contributed by atoms with Gasteiger partial charge in [-0.15, -0.1) is 0 Å². The van der Waals surface area contributed by atoms with E-state index in [1.54, 1.807) is 14.1 Å². The van der Waals surface area contributed by atoms with Gasteiger partial charge in [-0.05, 0) is 12.1 Å². The number of nitrogens with two attached hydrogens (primary N) is 1. The Balaban J connectivity index is 2.34. The first-order valence-electron chi connectivity index (χ1n) is 5.86. The van der Waals surface area contributed by atoms with E-state index < -0.39 is 11.6 Å². The summed E-state index contributed by atoms with van der Waals surface area (Å²) in [7, 11) is 3.23. The molecule has 1 heterocycles. The maximum atomic E-state index is 13.9. The zero-order chi connectivity index (χ0) is 14.9. The smallest absolute Gasteiger partial charge is 0.243 e. The molecule has 106 valence electrons. The molecule has 1 aromatic heterocycles. The SMILES string of the molecule is CN(C)C(=O)Cn1cc(-c2c(F)ccc(N)c2F)cn1. The summed E-state index contributed by atoms with van der Waals surface area (Å²) in [6.07, 6.45) is 2.70. The van der Waals surface area contributed by atoms with Crippen LogP contribution >= 0.6 is 0 Å². The van der Waals surface area contributed by atoms with Gasteiger partial charge in [-0.1, -0.05) is 0 Å². The number of rotatable bonds is 3. The van der Waals surface area contributed by atoms with Crippen molar-refractivity contribution in [3.05, 3.63) is 36.2 Å². The summed E-state index contributed by atoms with van der Waals surface area (Å²) in [5.41, 5.74) is 5.28. The van der Waals surface area contributed by atoms with Gasteiger partial charge in [-0.2, -0.15) is 5.10 Å². The van der Waals surface area contributed by atoms with Crippen LogP contribution in [-0.4, -0.2) is 34.7 Å². The molecule has 2 aromatic rings. The van der Waals surface area contributed by atoms with Gasteiger partial charge in [0.1, 0.15) is 12.4 Å². The molecule has 0 bridgehead atoms. The molecule has 0 atom stereocenters. The molecular formula is C13H14F2N4O. The topological polar surface area (TPSA) is 64.2 Å². The van der Waals surface area contributed by atoms with Gasteiger partial charge in [0.05, 0.1) is 17.4 Å². The summed E-state index contributed by atoms with van der Waals surface area (Å²) in [5, 5.41) is 3.92. The minimum atomic E-state index is -0.830. The predicted octanol–water partition coefficient (Wildman–Crippen LogP) is 1.50. The molecule has 0 unspecified atom stereocenters. The van der Waals surface area contributed by atoms with Crippen molar-refractivity contribution in [1.29, 1.82) is 0 Å². The number of nitrogens with zero attached hydrogens (tertiary/aromatic N) is 3. The van der Waals surface area contributed by atoms with E-state index >= 15 is 0 Å². The van der Waals surface area contributed by atoms with Crippen molar-refractivity contribution >= 4 is 11.6 Å². The Morgan fingerprint density at radius 2 is 2.10 bits per heavy atom. The average molecular weight is 280 g/mol. The maximum Gasteiger partial charge on any atom is 0.243 e. The molecule has 0 saturated heterocycles. The molecule has 7 heteroatoms.